The van der Waals surface area contributed by atoms with Crippen LogP contribution in [0.2, 0.25) is 0 Å². The number of pyridine rings is 1. The van der Waals surface area contributed by atoms with Crippen LogP contribution in [0.3, 0.4) is 0 Å². The fraction of sp³-hybridized carbons (Fsp3) is 0.368. The average molecular weight is 340 g/mol. The van der Waals surface area contributed by atoms with Crippen LogP contribution >= 0.6 is 0 Å². The van der Waals surface area contributed by atoms with E-state index < -0.39 is 0 Å². The quantitative estimate of drug-likeness (QED) is 0.909. The SMILES string of the molecule is CCOc1ccccc1NC(=O)N1CCN(Cc2cccnc2)CC1. The number of carbonyl (C=O) groups excluding carboxylic acids is 1. The number of anilines is 1. The highest BCUT2D eigenvalue weighted by Gasteiger charge is 2.21. The van der Waals surface area contributed by atoms with E-state index in [1.54, 1.807) is 6.20 Å². The molecule has 1 N–H and O–H groups in total. The lowest BCUT2D eigenvalue weighted by atomic mass is 10.2. The van der Waals surface area contributed by atoms with Crippen molar-refractivity contribution in [3.63, 3.8) is 0 Å². The van der Waals surface area contributed by atoms with Crippen molar-refractivity contribution >= 4 is 11.7 Å². The maximum absolute atomic E-state index is 12.5. The van der Waals surface area contributed by atoms with Crippen LogP contribution in [-0.2, 0) is 6.54 Å². The van der Waals surface area contributed by atoms with Crippen molar-refractivity contribution in [3.05, 3.63) is 54.4 Å². The number of amides is 2. The average Bonchev–Trinajstić information content (AvgIpc) is 2.65. The zero-order valence-electron chi connectivity index (χ0n) is 14.5. The first-order chi connectivity index (χ1) is 12.3. The van der Waals surface area contributed by atoms with Gasteiger partial charge in [-0.05, 0) is 30.7 Å². The molecule has 132 valence electrons. The van der Waals surface area contributed by atoms with Gasteiger partial charge < -0.3 is 15.0 Å². The van der Waals surface area contributed by atoms with Crippen molar-refractivity contribution in [2.75, 3.05) is 38.1 Å². The maximum Gasteiger partial charge on any atom is 0.322 e. The number of rotatable bonds is 5. The molecule has 0 spiro atoms. The minimum atomic E-state index is -0.0758. The summed E-state index contributed by atoms with van der Waals surface area (Å²) in [5, 5.41) is 2.96. The standard InChI is InChI=1S/C19H24N4O2/c1-2-25-18-8-4-3-7-17(18)21-19(24)23-12-10-22(11-13-23)15-16-6-5-9-20-14-16/h3-9,14H,2,10-13,15H2,1H3,(H,21,24). The summed E-state index contributed by atoms with van der Waals surface area (Å²) in [7, 11) is 0. The Bertz CT molecular complexity index is 685. The first-order valence-electron chi connectivity index (χ1n) is 8.65. The third-order valence-corrected chi connectivity index (χ3v) is 4.22. The molecule has 1 aromatic carbocycles. The van der Waals surface area contributed by atoms with E-state index in [4.69, 9.17) is 4.74 Å². The Morgan fingerprint density at radius 1 is 1.16 bits per heavy atom. The van der Waals surface area contributed by atoms with Gasteiger partial charge in [0.2, 0.25) is 0 Å². The summed E-state index contributed by atoms with van der Waals surface area (Å²) >= 11 is 0. The number of nitrogens with zero attached hydrogens (tertiary/aromatic N) is 3. The Kier molecular flexibility index (Phi) is 5.85. The smallest absolute Gasteiger partial charge is 0.322 e. The summed E-state index contributed by atoms with van der Waals surface area (Å²) in [6.45, 7) is 6.51. The Labute approximate surface area is 148 Å². The molecule has 1 saturated heterocycles. The molecular formula is C19H24N4O2. The van der Waals surface area contributed by atoms with E-state index in [-0.39, 0.29) is 6.03 Å². The Balaban J connectivity index is 1.52. The second-order valence-corrected chi connectivity index (χ2v) is 5.98. The lowest BCUT2D eigenvalue weighted by Crippen LogP contribution is -2.49. The Hall–Kier alpha value is -2.60. The number of carbonyl (C=O) groups is 1. The van der Waals surface area contributed by atoms with Crippen molar-refractivity contribution in [1.29, 1.82) is 0 Å². The van der Waals surface area contributed by atoms with Crippen LogP contribution in [0.25, 0.3) is 0 Å². The van der Waals surface area contributed by atoms with Crippen molar-refractivity contribution in [1.82, 2.24) is 14.8 Å². The number of nitrogens with one attached hydrogen (secondary N) is 1. The third kappa shape index (κ3) is 4.70. The first kappa shape index (κ1) is 17.2. The van der Waals surface area contributed by atoms with Crippen LogP contribution < -0.4 is 10.1 Å². The Morgan fingerprint density at radius 3 is 2.68 bits per heavy atom. The van der Waals surface area contributed by atoms with Gasteiger partial charge in [0.15, 0.2) is 0 Å². The molecule has 0 unspecified atom stereocenters. The molecule has 0 atom stereocenters. The van der Waals surface area contributed by atoms with Crippen molar-refractivity contribution in [3.8, 4) is 5.75 Å². The number of piperazine rings is 1. The minimum Gasteiger partial charge on any atom is -0.492 e. The third-order valence-electron chi connectivity index (χ3n) is 4.22. The van der Waals surface area contributed by atoms with Crippen molar-refractivity contribution in [2.45, 2.75) is 13.5 Å². The molecule has 2 amide bonds. The van der Waals surface area contributed by atoms with Gasteiger partial charge in [-0.3, -0.25) is 9.88 Å². The van der Waals surface area contributed by atoms with Gasteiger partial charge in [-0.25, -0.2) is 4.79 Å². The van der Waals surface area contributed by atoms with E-state index in [1.807, 2.05) is 48.4 Å². The van der Waals surface area contributed by atoms with E-state index in [9.17, 15) is 4.79 Å². The monoisotopic (exact) mass is 340 g/mol. The Morgan fingerprint density at radius 2 is 1.96 bits per heavy atom. The van der Waals surface area contributed by atoms with E-state index >= 15 is 0 Å². The normalized spacial score (nSPS) is 15.0. The van der Waals surface area contributed by atoms with Gasteiger partial charge in [-0.2, -0.15) is 0 Å². The summed E-state index contributed by atoms with van der Waals surface area (Å²) in [5.41, 5.74) is 1.91. The van der Waals surface area contributed by atoms with Crippen LogP contribution in [0, 0.1) is 0 Å². The second-order valence-electron chi connectivity index (χ2n) is 5.98. The summed E-state index contributed by atoms with van der Waals surface area (Å²) in [6, 6.07) is 11.5. The predicted octanol–water partition coefficient (Wildman–Crippen LogP) is 2.83. The van der Waals surface area contributed by atoms with Crippen LogP contribution in [0.4, 0.5) is 10.5 Å². The highest BCUT2D eigenvalue weighted by molar-refractivity contribution is 5.91. The second kappa shape index (κ2) is 8.48. The molecule has 0 aliphatic carbocycles. The van der Waals surface area contributed by atoms with Gasteiger partial charge in [-0.1, -0.05) is 18.2 Å². The molecule has 3 rings (SSSR count). The van der Waals surface area contributed by atoms with Crippen LogP contribution in [0.15, 0.2) is 48.8 Å². The van der Waals surface area contributed by atoms with Gasteiger partial charge in [0.05, 0.1) is 12.3 Å². The lowest BCUT2D eigenvalue weighted by molar-refractivity contribution is 0.143. The molecule has 25 heavy (non-hydrogen) atoms. The number of urea groups is 1. The van der Waals surface area contributed by atoms with Crippen LogP contribution in [0.1, 0.15) is 12.5 Å². The predicted molar refractivity (Wildman–Crippen MR) is 97.7 cm³/mol. The van der Waals surface area contributed by atoms with Crippen LogP contribution in [0.5, 0.6) is 5.75 Å². The zero-order valence-corrected chi connectivity index (χ0v) is 14.5. The number of ether oxygens (including phenoxy) is 1. The highest BCUT2D eigenvalue weighted by Crippen LogP contribution is 2.24. The molecule has 1 aliphatic rings. The molecule has 1 fully saturated rings. The molecule has 0 saturated carbocycles. The van der Waals surface area contributed by atoms with Gasteiger partial charge in [0.25, 0.3) is 0 Å². The summed E-state index contributed by atoms with van der Waals surface area (Å²) in [6.07, 6.45) is 3.68. The largest absolute Gasteiger partial charge is 0.492 e. The number of hydrogen-bond donors (Lipinski definition) is 1. The summed E-state index contributed by atoms with van der Waals surface area (Å²) in [4.78, 5) is 20.9. The number of para-hydroxylation sites is 2. The lowest BCUT2D eigenvalue weighted by Gasteiger charge is -2.34. The number of aromatic nitrogens is 1. The van der Waals surface area contributed by atoms with E-state index in [0.717, 1.165) is 19.6 Å². The molecule has 2 heterocycles. The van der Waals surface area contributed by atoms with Gasteiger partial charge >= 0.3 is 6.03 Å². The number of hydrogen-bond acceptors (Lipinski definition) is 4. The zero-order chi connectivity index (χ0) is 17.5. The maximum atomic E-state index is 12.5. The van der Waals surface area contributed by atoms with E-state index in [2.05, 4.69) is 21.3 Å². The minimum absolute atomic E-state index is 0.0758. The summed E-state index contributed by atoms with van der Waals surface area (Å²) in [5.74, 6) is 0.702. The number of benzene rings is 1. The molecule has 6 nitrogen and oxygen atoms in total. The van der Waals surface area contributed by atoms with Crippen molar-refractivity contribution in [2.24, 2.45) is 0 Å². The molecule has 1 aromatic heterocycles. The fourth-order valence-electron chi connectivity index (χ4n) is 2.90. The topological polar surface area (TPSA) is 57.7 Å². The summed E-state index contributed by atoms with van der Waals surface area (Å²) < 4.78 is 5.56. The van der Waals surface area contributed by atoms with E-state index in [0.29, 0.717) is 31.1 Å². The van der Waals surface area contributed by atoms with Gasteiger partial charge in [0.1, 0.15) is 5.75 Å². The van der Waals surface area contributed by atoms with Crippen molar-refractivity contribution < 1.29 is 9.53 Å². The van der Waals surface area contributed by atoms with Gasteiger partial charge in [-0.15, -0.1) is 0 Å². The fourth-order valence-corrected chi connectivity index (χ4v) is 2.90. The molecule has 0 radical (unpaired) electrons. The molecule has 1 aliphatic heterocycles. The highest BCUT2D eigenvalue weighted by atomic mass is 16.5. The van der Waals surface area contributed by atoms with Gasteiger partial charge in [0, 0.05) is 45.1 Å². The molecule has 6 heteroatoms. The molecule has 2 aromatic rings. The van der Waals surface area contributed by atoms with E-state index in [1.165, 1.54) is 5.56 Å². The van der Waals surface area contributed by atoms with Crippen LogP contribution in [-0.4, -0.2) is 53.6 Å². The first-order valence-corrected chi connectivity index (χ1v) is 8.65. The molecular weight excluding hydrogens is 316 g/mol. The molecule has 0 bridgehead atoms.